The molecule has 0 aliphatic rings. The van der Waals surface area contributed by atoms with E-state index in [4.69, 9.17) is 10.7 Å². The molecule has 0 aliphatic carbocycles. The van der Waals surface area contributed by atoms with Crippen molar-refractivity contribution in [3.8, 4) is 17.2 Å². The molecule has 1 aromatic heterocycles. The van der Waals surface area contributed by atoms with Crippen molar-refractivity contribution in [2.24, 2.45) is 5.73 Å². The van der Waals surface area contributed by atoms with Crippen molar-refractivity contribution in [1.29, 1.82) is 0 Å². The number of hydrogen-bond donors (Lipinski definition) is 1. The van der Waals surface area contributed by atoms with Crippen LogP contribution in [-0.2, 0) is 0 Å². The summed E-state index contributed by atoms with van der Waals surface area (Å²) in [6, 6.07) is 18.3. The molecule has 0 saturated heterocycles. The molecule has 2 aromatic carbocycles. The van der Waals surface area contributed by atoms with Crippen LogP contribution in [0.15, 0.2) is 53.3 Å². The van der Waals surface area contributed by atoms with Crippen LogP contribution in [0.1, 0.15) is 45.1 Å². The van der Waals surface area contributed by atoms with Crippen molar-refractivity contribution in [1.82, 2.24) is 9.55 Å². The maximum atomic E-state index is 13.6. The molecule has 0 saturated carbocycles. The lowest BCUT2D eigenvalue weighted by atomic mass is 10.1. The Labute approximate surface area is 173 Å². The van der Waals surface area contributed by atoms with Crippen LogP contribution < -0.4 is 11.3 Å². The first kappa shape index (κ1) is 21.0. The summed E-state index contributed by atoms with van der Waals surface area (Å²) in [5, 5.41) is 0.569. The van der Waals surface area contributed by atoms with Gasteiger partial charge in [0.05, 0.1) is 22.6 Å². The van der Waals surface area contributed by atoms with E-state index in [1.165, 1.54) is 0 Å². The SMILES string of the molecule is CC[Si](C#Cc1cccc2nc([C@H](C)N)n(-c3ccccc3)c(=O)c12)(CC)CC. The molecule has 0 unspecified atom stereocenters. The molecule has 0 amide bonds. The number of fused-ring (bicyclic) bond motifs is 1. The zero-order valence-electron chi connectivity index (χ0n) is 17.7. The van der Waals surface area contributed by atoms with Gasteiger partial charge in [0.1, 0.15) is 13.9 Å². The zero-order chi connectivity index (χ0) is 21.0. The minimum absolute atomic E-state index is 0.116. The first-order chi connectivity index (χ1) is 14.0. The van der Waals surface area contributed by atoms with Gasteiger partial charge in [-0.05, 0) is 49.3 Å². The Bertz CT molecular complexity index is 1110. The second kappa shape index (κ2) is 8.77. The van der Waals surface area contributed by atoms with Gasteiger partial charge in [0.25, 0.3) is 5.56 Å². The molecular formula is C24H29N3OSi. The Balaban J connectivity index is 2.33. The number of nitrogens with two attached hydrogens (primary N) is 1. The molecule has 4 nitrogen and oxygen atoms in total. The molecule has 1 atom stereocenters. The summed E-state index contributed by atoms with van der Waals surface area (Å²) in [6.07, 6.45) is 0. The smallest absolute Gasteiger partial charge is 0.267 e. The largest absolute Gasteiger partial charge is 0.322 e. The average Bonchev–Trinajstić information content (AvgIpc) is 2.75. The summed E-state index contributed by atoms with van der Waals surface area (Å²) < 4.78 is 1.63. The molecule has 3 rings (SSSR count). The molecule has 29 heavy (non-hydrogen) atoms. The number of nitrogens with zero attached hydrogens (tertiary/aromatic N) is 2. The van der Waals surface area contributed by atoms with Crippen LogP contribution in [0.4, 0.5) is 0 Å². The molecule has 5 heteroatoms. The highest BCUT2D eigenvalue weighted by molar-refractivity contribution is 6.87. The van der Waals surface area contributed by atoms with Crippen molar-refractivity contribution in [2.75, 3.05) is 0 Å². The average molecular weight is 404 g/mol. The molecule has 0 aliphatic heterocycles. The molecule has 0 fully saturated rings. The molecule has 0 spiro atoms. The number of hydrogen-bond acceptors (Lipinski definition) is 3. The Morgan fingerprint density at radius 3 is 2.28 bits per heavy atom. The van der Waals surface area contributed by atoms with E-state index in [0.717, 1.165) is 29.4 Å². The second-order valence-electron chi connectivity index (χ2n) is 7.53. The van der Waals surface area contributed by atoms with Crippen molar-refractivity contribution < 1.29 is 0 Å². The van der Waals surface area contributed by atoms with Gasteiger partial charge in [-0.15, -0.1) is 5.54 Å². The van der Waals surface area contributed by atoms with E-state index in [1.807, 2.05) is 55.5 Å². The van der Waals surface area contributed by atoms with Crippen LogP contribution in [0.5, 0.6) is 0 Å². The van der Waals surface area contributed by atoms with Gasteiger partial charge in [-0.3, -0.25) is 9.36 Å². The zero-order valence-corrected chi connectivity index (χ0v) is 18.7. The highest BCUT2D eigenvalue weighted by Crippen LogP contribution is 2.21. The van der Waals surface area contributed by atoms with Gasteiger partial charge in [0.2, 0.25) is 0 Å². The summed E-state index contributed by atoms with van der Waals surface area (Å²) >= 11 is 0. The quantitative estimate of drug-likeness (QED) is 0.491. The van der Waals surface area contributed by atoms with E-state index in [2.05, 4.69) is 32.2 Å². The fraction of sp³-hybridized carbons (Fsp3) is 0.333. The summed E-state index contributed by atoms with van der Waals surface area (Å²) in [5.41, 5.74) is 11.8. The van der Waals surface area contributed by atoms with Crippen LogP contribution in [0.2, 0.25) is 18.1 Å². The Kier molecular flexibility index (Phi) is 6.36. The van der Waals surface area contributed by atoms with Crippen LogP contribution in [-0.4, -0.2) is 17.6 Å². The molecule has 1 heterocycles. The van der Waals surface area contributed by atoms with Crippen molar-refractivity contribution in [2.45, 2.75) is 51.9 Å². The lowest BCUT2D eigenvalue weighted by molar-refractivity contribution is 0.696. The molecule has 2 N–H and O–H groups in total. The summed E-state index contributed by atoms with van der Waals surface area (Å²) in [4.78, 5) is 18.4. The maximum Gasteiger partial charge on any atom is 0.267 e. The fourth-order valence-electron chi connectivity index (χ4n) is 3.70. The second-order valence-corrected chi connectivity index (χ2v) is 12.5. The maximum absolute atomic E-state index is 13.6. The van der Waals surface area contributed by atoms with E-state index >= 15 is 0 Å². The lowest BCUT2D eigenvalue weighted by Gasteiger charge is -2.20. The third kappa shape index (κ3) is 4.05. The third-order valence-electron chi connectivity index (χ3n) is 5.84. The summed E-state index contributed by atoms with van der Waals surface area (Å²) in [6.45, 7) is 8.54. The Hall–Kier alpha value is -2.68. The Morgan fingerprint density at radius 1 is 1.03 bits per heavy atom. The highest BCUT2D eigenvalue weighted by Gasteiger charge is 2.24. The van der Waals surface area contributed by atoms with E-state index < -0.39 is 8.07 Å². The molecular weight excluding hydrogens is 374 g/mol. The van der Waals surface area contributed by atoms with Gasteiger partial charge >= 0.3 is 0 Å². The van der Waals surface area contributed by atoms with Crippen molar-refractivity contribution in [3.05, 3.63) is 70.3 Å². The lowest BCUT2D eigenvalue weighted by Crippen LogP contribution is -2.29. The van der Waals surface area contributed by atoms with Crippen LogP contribution in [0.25, 0.3) is 16.6 Å². The number of benzene rings is 2. The monoisotopic (exact) mass is 403 g/mol. The van der Waals surface area contributed by atoms with Gasteiger partial charge in [-0.2, -0.15) is 0 Å². The normalized spacial score (nSPS) is 12.4. The molecule has 3 aromatic rings. The number of aromatic nitrogens is 2. The minimum Gasteiger partial charge on any atom is -0.322 e. The standard InChI is InChI=1S/C24H29N3OSi/c1-5-29(6-2,7-3)17-16-19-12-11-15-21-22(19)24(28)27(23(26-21)18(4)25)20-13-9-8-10-14-20/h8-15,18H,5-7,25H2,1-4H3/t18-/m0/s1. The van der Waals surface area contributed by atoms with E-state index in [-0.39, 0.29) is 11.6 Å². The Morgan fingerprint density at radius 2 is 1.69 bits per heavy atom. The highest BCUT2D eigenvalue weighted by atomic mass is 28.3. The van der Waals surface area contributed by atoms with E-state index in [1.54, 1.807) is 4.57 Å². The first-order valence-electron chi connectivity index (χ1n) is 10.4. The molecule has 0 bridgehead atoms. The predicted molar refractivity (Wildman–Crippen MR) is 124 cm³/mol. The van der Waals surface area contributed by atoms with Gasteiger partial charge in [-0.1, -0.05) is 51.0 Å². The number of rotatable bonds is 5. The van der Waals surface area contributed by atoms with Crippen molar-refractivity contribution >= 4 is 19.0 Å². The molecule has 150 valence electrons. The van der Waals surface area contributed by atoms with Gasteiger partial charge in [0, 0.05) is 5.56 Å². The third-order valence-corrected chi connectivity index (χ3v) is 10.6. The van der Waals surface area contributed by atoms with Crippen LogP contribution in [0, 0.1) is 11.5 Å². The number of para-hydroxylation sites is 1. The summed E-state index contributed by atoms with van der Waals surface area (Å²) in [7, 11) is -1.62. The fourth-order valence-corrected chi connectivity index (χ4v) is 6.13. The summed E-state index contributed by atoms with van der Waals surface area (Å²) in [5.74, 6) is 3.93. The van der Waals surface area contributed by atoms with Gasteiger partial charge in [-0.25, -0.2) is 4.98 Å². The van der Waals surface area contributed by atoms with Gasteiger partial charge < -0.3 is 5.73 Å². The predicted octanol–water partition coefficient (Wildman–Crippen LogP) is 4.80. The van der Waals surface area contributed by atoms with Crippen LogP contribution >= 0.6 is 0 Å². The molecule has 0 radical (unpaired) electrons. The van der Waals surface area contributed by atoms with E-state index in [0.29, 0.717) is 16.7 Å². The topological polar surface area (TPSA) is 60.9 Å². The minimum atomic E-state index is -1.62. The first-order valence-corrected chi connectivity index (χ1v) is 13.0. The van der Waals surface area contributed by atoms with E-state index in [9.17, 15) is 4.79 Å². The van der Waals surface area contributed by atoms with Crippen LogP contribution in [0.3, 0.4) is 0 Å². The van der Waals surface area contributed by atoms with Crippen molar-refractivity contribution in [3.63, 3.8) is 0 Å². The van der Waals surface area contributed by atoms with Gasteiger partial charge in [0.15, 0.2) is 0 Å².